The first-order valence-electron chi connectivity index (χ1n) is 6.65. The van der Waals surface area contributed by atoms with Gasteiger partial charge in [-0.3, -0.25) is 0 Å². The number of nitrogens with one attached hydrogen (secondary N) is 2. The summed E-state index contributed by atoms with van der Waals surface area (Å²) >= 11 is 0. The van der Waals surface area contributed by atoms with E-state index >= 15 is 0 Å². The smallest absolute Gasteiger partial charge is 0.329 e. The summed E-state index contributed by atoms with van der Waals surface area (Å²) in [4.78, 5) is 23.0. The van der Waals surface area contributed by atoms with Crippen LogP contribution in [0.5, 0.6) is 0 Å². The summed E-state index contributed by atoms with van der Waals surface area (Å²) in [6.07, 6.45) is 3.91. The molecule has 2 aliphatic carbocycles. The fraction of sp³-hybridized carbons (Fsp3) is 0.846. The fourth-order valence-electron chi connectivity index (χ4n) is 2.77. The van der Waals surface area contributed by atoms with Crippen molar-refractivity contribution in [1.82, 2.24) is 10.6 Å². The molecular formula is C13H22N2O3. The highest BCUT2D eigenvalue weighted by Crippen LogP contribution is 2.50. The molecule has 1 unspecified atom stereocenters. The van der Waals surface area contributed by atoms with Crippen LogP contribution in [-0.2, 0) is 4.79 Å². The van der Waals surface area contributed by atoms with Gasteiger partial charge in [-0.2, -0.15) is 0 Å². The quantitative estimate of drug-likeness (QED) is 0.715. The van der Waals surface area contributed by atoms with Crippen LogP contribution in [-0.4, -0.2) is 29.2 Å². The monoisotopic (exact) mass is 254 g/mol. The number of hydrogen-bond acceptors (Lipinski definition) is 2. The molecule has 0 spiro atoms. The van der Waals surface area contributed by atoms with Crippen LogP contribution in [0, 0.1) is 11.3 Å². The van der Waals surface area contributed by atoms with E-state index < -0.39 is 11.5 Å². The van der Waals surface area contributed by atoms with E-state index in [1.165, 1.54) is 0 Å². The highest BCUT2D eigenvalue weighted by atomic mass is 16.4. The molecule has 1 atom stereocenters. The molecule has 0 radical (unpaired) electrons. The largest absolute Gasteiger partial charge is 0.480 e. The molecule has 102 valence electrons. The maximum absolute atomic E-state index is 11.8. The van der Waals surface area contributed by atoms with Gasteiger partial charge in [0, 0.05) is 6.54 Å². The molecule has 2 rings (SSSR count). The number of rotatable bonds is 4. The van der Waals surface area contributed by atoms with Gasteiger partial charge in [-0.05, 0) is 30.6 Å². The molecule has 0 aliphatic heterocycles. The third-order valence-electron chi connectivity index (χ3n) is 4.45. The van der Waals surface area contributed by atoms with Crippen LogP contribution < -0.4 is 10.6 Å². The number of carbonyl (C=O) groups excluding carboxylic acids is 1. The van der Waals surface area contributed by atoms with Gasteiger partial charge < -0.3 is 15.7 Å². The van der Waals surface area contributed by atoms with E-state index in [0.29, 0.717) is 30.7 Å². The summed E-state index contributed by atoms with van der Waals surface area (Å²) in [6.45, 7) is 4.98. The molecule has 2 saturated carbocycles. The SMILES string of the molecule is CC1(C)CC1CNC(=O)NC1(C(=O)O)CCCC1. The molecule has 2 aliphatic rings. The molecule has 0 bridgehead atoms. The van der Waals surface area contributed by atoms with Crippen molar-refractivity contribution in [2.24, 2.45) is 11.3 Å². The second-order valence-corrected chi connectivity index (χ2v) is 6.32. The van der Waals surface area contributed by atoms with Crippen LogP contribution >= 0.6 is 0 Å². The lowest BCUT2D eigenvalue weighted by Crippen LogP contribution is -2.55. The Labute approximate surface area is 107 Å². The van der Waals surface area contributed by atoms with Crippen LogP contribution in [0.2, 0.25) is 0 Å². The summed E-state index contributed by atoms with van der Waals surface area (Å²) in [5, 5.41) is 14.7. The number of carboxylic acids is 1. The van der Waals surface area contributed by atoms with Gasteiger partial charge in [0.15, 0.2) is 0 Å². The van der Waals surface area contributed by atoms with Crippen LogP contribution in [0.4, 0.5) is 4.79 Å². The minimum atomic E-state index is -1.04. The second-order valence-electron chi connectivity index (χ2n) is 6.32. The Morgan fingerprint density at radius 1 is 1.28 bits per heavy atom. The van der Waals surface area contributed by atoms with Crippen molar-refractivity contribution >= 4 is 12.0 Å². The lowest BCUT2D eigenvalue weighted by molar-refractivity contribution is -0.144. The topological polar surface area (TPSA) is 78.4 Å². The zero-order chi connectivity index (χ0) is 13.4. The first kappa shape index (κ1) is 13.2. The van der Waals surface area contributed by atoms with Crippen molar-refractivity contribution in [3.05, 3.63) is 0 Å². The van der Waals surface area contributed by atoms with Gasteiger partial charge in [0.25, 0.3) is 0 Å². The van der Waals surface area contributed by atoms with Crippen molar-refractivity contribution in [2.45, 2.75) is 51.5 Å². The van der Waals surface area contributed by atoms with Gasteiger partial charge in [0.05, 0.1) is 0 Å². The molecule has 0 aromatic heterocycles. The maximum Gasteiger partial charge on any atom is 0.329 e. The Bertz CT molecular complexity index is 359. The van der Waals surface area contributed by atoms with Gasteiger partial charge in [0.2, 0.25) is 0 Å². The van der Waals surface area contributed by atoms with Crippen LogP contribution in [0.25, 0.3) is 0 Å². The molecule has 0 heterocycles. The van der Waals surface area contributed by atoms with Gasteiger partial charge in [0.1, 0.15) is 5.54 Å². The lowest BCUT2D eigenvalue weighted by atomic mass is 9.98. The number of carboxylic acid groups (broad SMARTS) is 1. The van der Waals surface area contributed by atoms with E-state index in [0.717, 1.165) is 19.3 Å². The average Bonchev–Trinajstić information content (AvgIpc) is 2.71. The molecule has 18 heavy (non-hydrogen) atoms. The first-order chi connectivity index (χ1) is 8.36. The Kier molecular flexibility index (Phi) is 3.25. The predicted octanol–water partition coefficient (Wildman–Crippen LogP) is 1.73. The molecule has 0 aromatic carbocycles. The lowest BCUT2D eigenvalue weighted by Gasteiger charge is -2.25. The van der Waals surface area contributed by atoms with E-state index in [9.17, 15) is 14.7 Å². The number of amides is 2. The number of aliphatic carboxylic acids is 1. The van der Waals surface area contributed by atoms with E-state index in [1.807, 2.05) is 0 Å². The molecule has 5 heteroatoms. The molecule has 0 aromatic rings. The van der Waals surface area contributed by atoms with Crippen molar-refractivity contribution in [2.75, 3.05) is 6.54 Å². The van der Waals surface area contributed by atoms with Gasteiger partial charge >= 0.3 is 12.0 Å². The average molecular weight is 254 g/mol. The Morgan fingerprint density at radius 3 is 2.28 bits per heavy atom. The Morgan fingerprint density at radius 2 is 1.83 bits per heavy atom. The van der Waals surface area contributed by atoms with Crippen molar-refractivity contribution < 1.29 is 14.7 Å². The van der Waals surface area contributed by atoms with Crippen LogP contribution in [0.15, 0.2) is 0 Å². The van der Waals surface area contributed by atoms with Crippen molar-refractivity contribution in [1.29, 1.82) is 0 Å². The van der Waals surface area contributed by atoms with Crippen LogP contribution in [0.3, 0.4) is 0 Å². The van der Waals surface area contributed by atoms with Gasteiger partial charge in [-0.25, -0.2) is 9.59 Å². The fourth-order valence-corrected chi connectivity index (χ4v) is 2.77. The standard InChI is InChI=1S/C13H22N2O3/c1-12(2)7-9(12)8-14-11(18)15-13(10(16)17)5-3-4-6-13/h9H,3-8H2,1-2H3,(H,16,17)(H2,14,15,18). The third kappa shape index (κ3) is 2.60. The first-order valence-corrected chi connectivity index (χ1v) is 6.65. The zero-order valence-electron chi connectivity index (χ0n) is 11.1. The molecule has 3 N–H and O–H groups in total. The second kappa shape index (κ2) is 4.44. The molecule has 5 nitrogen and oxygen atoms in total. The normalized spacial score (nSPS) is 27.6. The third-order valence-corrected chi connectivity index (χ3v) is 4.45. The van der Waals surface area contributed by atoms with Gasteiger partial charge in [-0.1, -0.05) is 26.7 Å². The highest BCUT2D eigenvalue weighted by molar-refractivity contribution is 5.86. The van der Waals surface area contributed by atoms with Crippen molar-refractivity contribution in [3.63, 3.8) is 0 Å². The van der Waals surface area contributed by atoms with Crippen LogP contribution in [0.1, 0.15) is 46.0 Å². The molecular weight excluding hydrogens is 232 g/mol. The summed E-state index contributed by atoms with van der Waals surface area (Å²) in [7, 11) is 0. The van der Waals surface area contributed by atoms with E-state index in [1.54, 1.807) is 0 Å². The van der Waals surface area contributed by atoms with Gasteiger partial charge in [-0.15, -0.1) is 0 Å². The number of carbonyl (C=O) groups is 2. The summed E-state index contributed by atoms with van der Waals surface area (Å²) in [5.41, 5.74) is -0.714. The number of hydrogen-bond donors (Lipinski definition) is 3. The molecule has 2 fully saturated rings. The van der Waals surface area contributed by atoms with E-state index in [-0.39, 0.29) is 6.03 Å². The predicted molar refractivity (Wildman–Crippen MR) is 67.3 cm³/mol. The molecule has 0 saturated heterocycles. The highest BCUT2D eigenvalue weighted by Gasteiger charge is 2.46. The van der Waals surface area contributed by atoms with E-state index in [2.05, 4.69) is 24.5 Å². The Hall–Kier alpha value is -1.26. The zero-order valence-corrected chi connectivity index (χ0v) is 11.1. The van der Waals surface area contributed by atoms with E-state index in [4.69, 9.17) is 0 Å². The molecule has 2 amide bonds. The maximum atomic E-state index is 11.8. The summed E-state index contributed by atoms with van der Waals surface area (Å²) in [6, 6.07) is -0.345. The number of urea groups is 1. The summed E-state index contributed by atoms with van der Waals surface area (Å²) in [5.74, 6) is -0.394. The minimum absolute atomic E-state index is 0.325. The summed E-state index contributed by atoms with van der Waals surface area (Å²) < 4.78 is 0. The minimum Gasteiger partial charge on any atom is -0.480 e. The Balaban J connectivity index is 1.81. The van der Waals surface area contributed by atoms with Crippen molar-refractivity contribution in [3.8, 4) is 0 Å².